The zero-order valence-corrected chi connectivity index (χ0v) is 34.4. The molecule has 300 valence electrons. The summed E-state index contributed by atoms with van der Waals surface area (Å²) in [6, 6.07) is 12.3. The molecular formula is C43H59ClN4O6S. The van der Waals surface area contributed by atoms with E-state index < -0.39 is 26.8 Å². The molecule has 6 aliphatic rings. The number of hydrogen-bond acceptors (Lipinski definition) is 9. The number of aryl methyl sites for hydroxylation is 1. The SMILES string of the molecule is CO[C@@]1(CN2CCC(N3CCOCC3)CC2)/C=C/C[C@H](C)[C@@H](C)S(=O)(=O)NC(=O)c2ccc3c(c2)N(C[C@@H]2CC[C@H]21)C[C@@]1(CCCc2cc(Cl)ccc21)CO3. The van der Waals surface area contributed by atoms with Crippen LogP contribution < -0.4 is 14.4 Å². The second-order valence-electron chi connectivity index (χ2n) is 17.3. The fourth-order valence-corrected chi connectivity index (χ4v) is 12.0. The third-order valence-electron chi connectivity index (χ3n) is 14.2. The fourth-order valence-electron chi connectivity index (χ4n) is 10.5. The highest BCUT2D eigenvalue weighted by Crippen LogP contribution is 2.49. The summed E-state index contributed by atoms with van der Waals surface area (Å²) < 4.78 is 48.8. The molecule has 1 N–H and O–H groups in total. The molecule has 2 saturated heterocycles. The Morgan fingerprint density at radius 2 is 1.82 bits per heavy atom. The number of nitrogens with zero attached hydrogens (tertiary/aromatic N) is 3. The van der Waals surface area contributed by atoms with Gasteiger partial charge in [-0.25, -0.2) is 13.1 Å². The molecule has 3 fully saturated rings. The van der Waals surface area contributed by atoms with E-state index in [2.05, 4.69) is 43.7 Å². The van der Waals surface area contributed by atoms with Crippen LogP contribution >= 0.6 is 11.6 Å². The topological polar surface area (TPSA) is 101 Å². The number of fused-ring (bicyclic) bond motifs is 4. The van der Waals surface area contributed by atoms with Gasteiger partial charge in [0.2, 0.25) is 10.0 Å². The maximum Gasteiger partial charge on any atom is 0.264 e. The largest absolute Gasteiger partial charge is 0.490 e. The van der Waals surface area contributed by atoms with Crippen LogP contribution in [0.1, 0.15) is 80.3 Å². The number of amides is 1. The molecule has 2 aromatic rings. The van der Waals surface area contributed by atoms with Crippen LogP contribution in [0.5, 0.6) is 5.75 Å². The Labute approximate surface area is 332 Å². The normalized spacial score (nSPS) is 34.0. The summed E-state index contributed by atoms with van der Waals surface area (Å²) >= 11 is 6.52. The van der Waals surface area contributed by atoms with Gasteiger partial charge in [0.1, 0.15) is 11.4 Å². The van der Waals surface area contributed by atoms with Gasteiger partial charge in [-0.15, -0.1) is 0 Å². The smallest absolute Gasteiger partial charge is 0.264 e. The molecule has 6 atom stereocenters. The summed E-state index contributed by atoms with van der Waals surface area (Å²) in [5, 5.41) is -0.0263. The van der Waals surface area contributed by atoms with Gasteiger partial charge in [-0.2, -0.15) is 0 Å². The van der Waals surface area contributed by atoms with Crippen molar-refractivity contribution in [2.24, 2.45) is 17.8 Å². The lowest BCUT2D eigenvalue weighted by Crippen LogP contribution is -2.58. The van der Waals surface area contributed by atoms with Gasteiger partial charge in [-0.05, 0) is 131 Å². The van der Waals surface area contributed by atoms with Crippen molar-refractivity contribution in [3.63, 3.8) is 0 Å². The third kappa shape index (κ3) is 7.83. The Morgan fingerprint density at radius 3 is 2.56 bits per heavy atom. The number of carbonyl (C=O) groups excluding carboxylic acids is 1. The minimum atomic E-state index is -3.96. The number of hydrogen-bond donors (Lipinski definition) is 1. The Morgan fingerprint density at radius 1 is 1.02 bits per heavy atom. The lowest BCUT2D eigenvalue weighted by molar-refractivity contribution is -0.0962. The molecule has 10 nitrogen and oxygen atoms in total. The van der Waals surface area contributed by atoms with Crippen LogP contribution in [0.3, 0.4) is 0 Å². The molecule has 55 heavy (non-hydrogen) atoms. The third-order valence-corrected chi connectivity index (χ3v) is 16.4. The van der Waals surface area contributed by atoms with E-state index in [9.17, 15) is 13.2 Å². The van der Waals surface area contributed by atoms with Gasteiger partial charge < -0.3 is 24.0 Å². The van der Waals surface area contributed by atoms with Gasteiger partial charge in [-0.3, -0.25) is 9.69 Å². The monoisotopic (exact) mass is 794 g/mol. The number of halogens is 1. The molecule has 2 aromatic carbocycles. The quantitative estimate of drug-likeness (QED) is 0.370. The molecule has 2 bridgehead atoms. The number of carbonyl (C=O) groups is 1. The predicted molar refractivity (Wildman–Crippen MR) is 217 cm³/mol. The van der Waals surface area contributed by atoms with Crippen LogP contribution in [0.15, 0.2) is 48.6 Å². The molecule has 12 heteroatoms. The van der Waals surface area contributed by atoms with Crippen molar-refractivity contribution in [1.82, 2.24) is 14.5 Å². The second-order valence-corrected chi connectivity index (χ2v) is 19.8. The van der Waals surface area contributed by atoms with Crippen LogP contribution in [0.25, 0.3) is 0 Å². The maximum atomic E-state index is 13.7. The van der Waals surface area contributed by atoms with Crippen LogP contribution in [-0.2, 0) is 31.3 Å². The Hall–Kier alpha value is -2.67. The van der Waals surface area contributed by atoms with Crippen molar-refractivity contribution in [2.45, 2.75) is 87.5 Å². The number of nitrogens with one attached hydrogen (secondary N) is 1. The first-order chi connectivity index (χ1) is 26.5. The molecule has 8 rings (SSSR count). The van der Waals surface area contributed by atoms with E-state index in [0.29, 0.717) is 30.6 Å². The maximum absolute atomic E-state index is 13.7. The van der Waals surface area contributed by atoms with Crippen LogP contribution in [0, 0.1) is 17.8 Å². The summed E-state index contributed by atoms with van der Waals surface area (Å²) in [5.41, 5.74) is 2.92. The zero-order chi connectivity index (χ0) is 38.4. The minimum Gasteiger partial charge on any atom is -0.490 e. The molecule has 1 saturated carbocycles. The standard InChI is InChI=1S/C43H59ClN4O6S/c1-30-6-4-17-43(52-3,28-46-18-14-36(15-19-46)47-20-22-53-23-21-47)38-11-8-34(38)26-48-27-42(16-5-7-32-24-35(44)10-12-37(32)42)29-54-40-13-9-33(25-39(40)48)41(49)45-55(50,51)31(30)2/h4,9-10,12-13,17,24-25,30-31,34,36,38H,5-8,11,14-16,18-23,26-29H2,1-3H3,(H,45,49)/b17-4+/t30-,31+,34-,38+,42-,43+/m0/s1. The Bertz CT molecular complexity index is 1860. The number of allylic oxidation sites excluding steroid dienone is 1. The molecule has 1 spiro atoms. The van der Waals surface area contributed by atoms with Crippen LogP contribution in [0.2, 0.25) is 5.02 Å². The van der Waals surface area contributed by atoms with Crippen LogP contribution in [-0.4, -0.2) is 114 Å². The summed E-state index contributed by atoms with van der Waals surface area (Å²) in [7, 11) is -2.09. The molecule has 0 radical (unpaired) electrons. The summed E-state index contributed by atoms with van der Waals surface area (Å²) in [4.78, 5) is 21.3. The van der Waals surface area contributed by atoms with E-state index in [-0.39, 0.29) is 17.3 Å². The number of morpholine rings is 1. The van der Waals surface area contributed by atoms with Gasteiger partial charge in [0, 0.05) is 61.9 Å². The highest BCUT2D eigenvalue weighted by Gasteiger charge is 2.50. The number of benzene rings is 2. The lowest BCUT2D eigenvalue weighted by atomic mass is 9.63. The minimum absolute atomic E-state index is 0.217. The van der Waals surface area contributed by atoms with E-state index in [1.54, 1.807) is 13.0 Å². The first-order valence-electron chi connectivity index (χ1n) is 20.6. The predicted octanol–water partition coefficient (Wildman–Crippen LogP) is 6.07. The highest BCUT2D eigenvalue weighted by atomic mass is 35.5. The molecule has 0 aromatic heterocycles. The summed E-state index contributed by atoms with van der Waals surface area (Å²) in [5.74, 6) is 0.498. The van der Waals surface area contributed by atoms with E-state index >= 15 is 0 Å². The van der Waals surface area contributed by atoms with Crippen molar-refractivity contribution < 1.29 is 27.4 Å². The van der Waals surface area contributed by atoms with Gasteiger partial charge in [0.15, 0.2) is 0 Å². The van der Waals surface area contributed by atoms with Crippen molar-refractivity contribution in [3.8, 4) is 5.75 Å². The molecule has 4 heterocycles. The lowest BCUT2D eigenvalue weighted by Gasteiger charge is -2.52. The number of likely N-dealkylation sites (tertiary alicyclic amines) is 1. The number of methoxy groups -OCH3 is 1. The summed E-state index contributed by atoms with van der Waals surface area (Å²) in [6.45, 7) is 12.2. The van der Waals surface area contributed by atoms with Crippen molar-refractivity contribution in [3.05, 3.63) is 70.3 Å². The first kappa shape index (κ1) is 39.2. The number of rotatable bonds is 4. The Balaban J connectivity index is 1.15. The van der Waals surface area contributed by atoms with Crippen molar-refractivity contribution in [1.29, 1.82) is 0 Å². The van der Waals surface area contributed by atoms with Gasteiger partial charge in [-0.1, -0.05) is 36.7 Å². The molecule has 0 unspecified atom stereocenters. The van der Waals surface area contributed by atoms with Crippen molar-refractivity contribution >= 4 is 33.2 Å². The molecule has 2 aliphatic carbocycles. The highest BCUT2D eigenvalue weighted by molar-refractivity contribution is 7.90. The average Bonchev–Trinajstić information content (AvgIpc) is 3.32. The van der Waals surface area contributed by atoms with E-state index in [0.717, 1.165) is 120 Å². The summed E-state index contributed by atoms with van der Waals surface area (Å²) in [6.07, 6.45) is 12.4. The number of ether oxygens (including phenoxy) is 3. The second kappa shape index (κ2) is 15.9. The van der Waals surface area contributed by atoms with E-state index in [1.165, 1.54) is 11.1 Å². The number of anilines is 1. The number of sulfonamides is 1. The van der Waals surface area contributed by atoms with Crippen LogP contribution in [0.4, 0.5) is 5.69 Å². The molecule has 4 aliphatic heterocycles. The Kier molecular flexibility index (Phi) is 11.3. The van der Waals surface area contributed by atoms with E-state index in [1.807, 2.05) is 32.2 Å². The van der Waals surface area contributed by atoms with Gasteiger partial charge in [0.25, 0.3) is 5.91 Å². The van der Waals surface area contributed by atoms with Gasteiger partial charge >= 0.3 is 0 Å². The molecule has 1 amide bonds. The first-order valence-corrected chi connectivity index (χ1v) is 22.6. The van der Waals surface area contributed by atoms with Crippen molar-refractivity contribution in [2.75, 3.05) is 77.6 Å². The van der Waals surface area contributed by atoms with Gasteiger partial charge in [0.05, 0.1) is 30.8 Å². The average molecular weight is 795 g/mol. The zero-order valence-electron chi connectivity index (χ0n) is 32.8. The van der Waals surface area contributed by atoms with E-state index in [4.69, 9.17) is 25.8 Å². The number of piperidine rings is 1. The molecular weight excluding hydrogens is 736 g/mol. The fraction of sp³-hybridized carbons (Fsp3) is 0.651.